The lowest BCUT2D eigenvalue weighted by Gasteiger charge is -2.25. The number of benzene rings is 2. The fraction of sp³-hybridized carbons (Fsp3) is 0.381. The maximum atomic E-state index is 12.6. The van der Waals surface area contributed by atoms with Gasteiger partial charge < -0.3 is 9.64 Å². The first-order valence-corrected chi connectivity index (χ1v) is 8.89. The molecule has 0 unspecified atom stereocenters. The van der Waals surface area contributed by atoms with E-state index >= 15 is 0 Å². The van der Waals surface area contributed by atoms with Gasteiger partial charge in [-0.2, -0.15) is 0 Å². The van der Waals surface area contributed by atoms with Gasteiger partial charge in [-0.15, -0.1) is 0 Å². The second-order valence-corrected chi connectivity index (χ2v) is 6.36. The van der Waals surface area contributed by atoms with E-state index in [1.165, 1.54) is 19.3 Å². The number of likely N-dealkylation sites (tertiary alicyclic amines) is 1. The van der Waals surface area contributed by atoms with Crippen molar-refractivity contribution in [2.24, 2.45) is 0 Å². The molecule has 0 spiro atoms. The Balaban J connectivity index is 1.57. The summed E-state index contributed by atoms with van der Waals surface area (Å²) in [6.07, 6.45) is 6.00. The minimum absolute atomic E-state index is 0.145. The highest BCUT2D eigenvalue weighted by Gasteiger charge is 2.16. The minimum atomic E-state index is 0.145. The van der Waals surface area contributed by atoms with Gasteiger partial charge in [0.2, 0.25) is 0 Å². The Bertz CT molecular complexity index is 629. The van der Waals surface area contributed by atoms with E-state index in [1.807, 2.05) is 59.5 Å². The molecule has 1 saturated heterocycles. The number of amides is 1. The first kappa shape index (κ1) is 16.6. The molecule has 2 aromatic rings. The molecule has 0 radical (unpaired) electrons. The highest BCUT2D eigenvalue weighted by atomic mass is 16.5. The van der Waals surface area contributed by atoms with Crippen molar-refractivity contribution in [2.45, 2.75) is 38.7 Å². The molecule has 3 rings (SSSR count). The van der Waals surface area contributed by atoms with Crippen molar-refractivity contribution in [3.63, 3.8) is 0 Å². The first-order chi connectivity index (χ1) is 11.8. The Morgan fingerprint density at radius 2 is 1.46 bits per heavy atom. The zero-order valence-corrected chi connectivity index (χ0v) is 14.1. The summed E-state index contributed by atoms with van der Waals surface area (Å²) in [5.41, 5.74) is 1.89. The van der Waals surface area contributed by atoms with Crippen LogP contribution in [0.4, 0.5) is 0 Å². The number of carbonyl (C=O) groups is 1. The monoisotopic (exact) mass is 323 g/mol. The van der Waals surface area contributed by atoms with Crippen LogP contribution in [0.15, 0.2) is 54.6 Å². The Kier molecular flexibility index (Phi) is 5.89. The van der Waals surface area contributed by atoms with Crippen LogP contribution in [0, 0.1) is 0 Å². The second kappa shape index (κ2) is 8.53. The molecule has 0 aliphatic carbocycles. The van der Waals surface area contributed by atoms with E-state index in [2.05, 4.69) is 0 Å². The Morgan fingerprint density at radius 3 is 2.12 bits per heavy atom. The standard InChI is InChI=1S/C21H25NO2/c23-21(22-15-7-2-1-3-8-16-22)19-11-13-20(14-12-19)24-17-18-9-5-4-6-10-18/h4-6,9-14H,1-3,7-8,15-17H2. The van der Waals surface area contributed by atoms with Crippen molar-refractivity contribution in [3.05, 3.63) is 65.7 Å². The van der Waals surface area contributed by atoms with Gasteiger partial charge in [0.05, 0.1) is 0 Å². The van der Waals surface area contributed by atoms with Crippen LogP contribution in [0.25, 0.3) is 0 Å². The van der Waals surface area contributed by atoms with Crippen LogP contribution in [0.2, 0.25) is 0 Å². The molecule has 0 N–H and O–H groups in total. The van der Waals surface area contributed by atoms with Crippen LogP contribution >= 0.6 is 0 Å². The van der Waals surface area contributed by atoms with Crippen LogP contribution in [0.3, 0.4) is 0 Å². The third-order valence-electron chi connectivity index (χ3n) is 4.49. The molecule has 0 atom stereocenters. The number of rotatable bonds is 4. The summed E-state index contributed by atoms with van der Waals surface area (Å²) in [4.78, 5) is 14.6. The lowest BCUT2D eigenvalue weighted by atomic mass is 10.1. The average molecular weight is 323 g/mol. The van der Waals surface area contributed by atoms with E-state index in [9.17, 15) is 4.79 Å². The molecule has 1 aliphatic heterocycles. The van der Waals surface area contributed by atoms with Gasteiger partial charge in [-0.25, -0.2) is 0 Å². The number of hydrogen-bond donors (Lipinski definition) is 0. The summed E-state index contributed by atoms with van der Waals surface area (Å²) >= 11 is 0. The molecule has 1 fully saturated rings. The van der Waals surface area contributed by atoms with Crippen molar-refractivity contribution >= 4 is 5.91 Å². The van der Waals surface area contributed by atoms with Gasteiger partial charge in [0.15, 0.2) is 0 Å². The molecule has 0 aromatic heterocycles. The molecule has 0 bridgehead atoms. The molecule has 3 heteroatoms. The third kappa shape index (κ3) is 4.60. The zero-order chi connectivity index (χ0) is 16.6. The average Bonchev–Trinajstić information content (AvgIpc) is 2.61. The normalized spacial score (nSPS) is 15.4. The Labute approximate surface area is 144 Å². The lowest BCUT2D eigenvalue weighted by molar-refractivity contribution is 0.0742. The number of carbonyl (C=O) groups excluding carboxylic acids is 1. The van der Waals surface area contributed by atoms with Crippen LogP contribution in [0.5, 0.6) is 5.75 Å². The van der Waals surface area contributed by atoms with E-state index in [0.29, 0.717) is 6.61 Å². The highest BCUT2D eigenvalue weighted by Crippen LogP contribution is 2.17. The SMILES string of the molecule is O=C(c1ccc(OCc2ccccc2)cc1)N1CCCCCCC1. The van der Waals surface area contributed by atoms with E-state index in [0.717, 1.165) is 42.8 Å². The Morgan fingerprint density at radius 1 is 0.833 bits per heavy atom. The fourth-order valence-electron chi connectivity index (χ4n) is 3.07. The van der Waals surface area contributed by atoms with Gasteiger partial charge in [0, 0.05) is 18.7 Å². The third-order valence-corrected chi connectivity index (χ3v) is 4.49. The number of hydrogen-bond acceptors (Lipinski definition) is 2. The van der Waals surface area contributed by atoms with Crippen molar-refractivity contribution in [1.82, 2.24) is 4.90 Å². The molecule has 24 heavy (non-hydrogen) atoms. The summed E-state index contributed by atoms with van der Waals surface area (Å²) in [5.74, 6) is 0.939. The van der Waals surface area contributed by atoms with Crippen LogP contribution in [-0.2, 0) is 6.61 Å². The second-order valence-electron chi connectivity index (χ2n) is 6.36. The van der Waals surface area contributed by atoms with E-state index in [4.69, 9.17) is 4.74 Å². The van der Waals surface area contributed by atoms with Gasteiger partial charge in [-0.1, -0.05) is 49.6 Å². The first-order valence-electron chi connectivity index (χ1n) is 8.89. The van der Waals surface area contributed by atoms with Crippen LogP contribution in [0.1, 0.15) is 48.0 Å². The summed E-state index contributed by atoms with van der Waals surface area (Å²) in [6.45, 7) is 2.30. The quantitative estimate of drug-likeness (QED) is 0.818. The van der Waals surface area contributed by atoms with Crippen molar-refractivity contribution < 1.29 is 9.53 Å². The van der Waals surface area contributed by atoms with Gasteiger partial charge in [-0.3, -0.25) is 4.79 Å². The van der Waals surface area contributed by atoms with Crippen molar-refractivity contribution in [2.75, 3.05) is 13.1 Å². The predicted molar refractivity (Wildman–Crippen MR) is 96.2 cm³/mol. The lowest BCUT2D eigenvalue weighted by Crippen LogP contribution is -2.33. The maximum absolute atomic E-state index is 12.6. The van der Waals surface area contributed by atoms with E-state index in [1.54, 1.807) is 0 Å². The van der Waals surface area contributed by atoms with Crippen LogP contribution < -0.4 is 4.74 Å². The van der Waals surface area contributed by atoms with Gasteiger partial charge >= 0.3 is 0 Å². The van der Waals surface area contributed by atoms with Gasteiger partial charge in [-0.05, 0) is 42.7 Å². The molecular formula is C21H25NO2. The number of nitrogens with zero attached hydrogens (tertiary/aromatic N) is 1. The largest absolute Gasteiger partial charge is 0.489 e. The molecule has 1 aliphatic rings. The van der Waals surface area contributed by atoms with E-state index < -0.39 is 0 Å². The summed E-state index contributed by atoms with van der Waals surface area (Å²) < 4.78 is 5.78. The topological polar surface area (TPSA) is 29.5 Å². The maximum Gasteiger partial charge on any atom is 0.253 e. The smallest absolute Gasteiger partial charge is 0.253 e. The fourth-order valence-corrected chi connectivity index (χ4v) is 3.07. The summed E-state index contributed by atoms with van der Waals surface area (Å²) in [6, 6.07) is 17.6. The predicted octanol–water partition coefficient (Wildman–Crippen LogP) is 4.67. The molecular weight excluding hydrogens is 298 g/mol. The molecule has 126 valence electrons. The summed E-state index contributed by atoms with van der Waals surface area (Å²) in [7, 11) is 0. The molecule has 3 nitrogen and oxygen atoms in total. The van der Waals surface area contributed by atoms with E-state index in [-0.39, 0.29) is 5.91 Å². The van der Waals surface area contributed by atoms with Gasteiger partial charge in [0.1, 0.15) is 12.4 Å². The molecule has 0 saturated carbocycles. The Hall–Kier alpha value is -2.29. The molecule has 1 heterocycles. The van der Waals surface area contributed by atoms with Crippen molar-refractivity contribution in [3.8, 4) is 5.75 Å². The van der Waals surface area contributed by atoms with Gasteiger partial charge in [0.25, 0.3) is 5.91 Å². The number of ether oxygens (including phenoxy) is 1. The minimum Gasteiger partial charge on any atom is -0.489 e. The summed E-state index contributed by atoms with van der Waals surface area (Å²) in [5, 5.41) is 0. The highest BCUT2D eigenvalue weighted by molar-refractivity contribution is 5.94. The van der Waals surface area contributed by atoms with Crippen LogP contribution in [-0.4, -0.2) is 23.9 Å². The zero-order valence-electron chi connectivity index (χ0n) is 14.1. The molecule has 1 amide bonds. The molecule has 2 aromatic carbocycles. The van der Waals surface area contributed by atoms with Crippen molar-refractivity contribution in [1.29, 1.82) is 0 Å².